The molecule has 6 nitrogen and oxygen atoms in total. The first kappa shape index (κ1) is 21.0. The van der Waals surface area contributed by atoms with Crippen molar-refractivity contribution >= 4 is 40.2 Å². The van der Waals surface area contributed by atoms with Gasteiger partial charge in [0.05, 0.1) is 12.7 Å². The van der Waals surface area contributed by atoms with Gasteiger partial charge in [0.25, 0.3) is 11.8 Å². The Kier molecular flexibility index (Phi) is 7.32. The highest BCUT2D eigenvalue weighted by atomic mass is 32.2. The van der Waals surface area contributed by atoms with Gasteiger partial charge < -0.3 is 20.5 Å². The second-order valence-corrected chi connectivity index (χ2v) is 7.87. The largest absolute Gasteiger partial charge is 0.361 e. The summed E-state index contributed by atoms with van der Waals surface area (Å²) < 4.78 is 0. The molecule has 3 rings (SSSR count). The number of likely N-dealkylation sites (N-methyl/N-ethyl adjacent to an activating group) is 1. The number of quaternary nitrogens is 1. The SMILES string of the molecule is CSc1ccccc1NC(=O)C[NH+](C)CC(=O)NCCc1c[nH]c2ccccc12. The lowest BCUT2D eigenvalue weighted by atomic mass is 10.1. The number of aromatic nitrogens is 1. The molecule has 0 fully saturated rings. The second kappa shape index (κ2) is 10.1. The number of fused-ring (bicyclic) bond motifs is 1. The first-order valence-electron chi connectivity index (χ1n) is 9.62. The summed E-state index contributed by atoms with van der Waals surface area (Å²) in [4.78, 5) is 29.6. The second-order valence-electron chi connectivity index (χ2n) is 7.02. The van der Waals surface area contributed by atoms with Crippen molar-refractivity contribution in [2.75, 3.05) is 38.3 Å². The first-order chi connectivity index (χ1) is 14.1. The van der Waals surface area contributed by atoms with E-state index in [9.17, 15) is 9.59 Å². The van der Waals surface area contributed by atoms with Gasteiger partial charge in [0.1, 0.15) is 0 Å². The number of thioether (sulfide) groups is 1. The molecule has 7 heteroatoms. The van der Waals surface area contributed by atoms with Gasteiger partial charge in [0, 0.05) is 28.5 Å². The van der Waals surface area contributed by atoms with E-state index in [2.05, 4.69) is 21.7 Å². The molecule has 0 aliphatic heterocycles. The molecule has 3 aromatic rings. The molecule has 0 aliphatic carbocycles. The highest BCUT2D eigenvalue weighted by Gasteiger charge is 2.15. The predicted molar refractivity (Wildman–Crippen MR) is 118 cm³/mol. The number of carbonyl (C=O) groups excluding carboxylic acids is 2. The fraction of sp³-hybridized carbons (Fsp3) is 0.273. The minimum atomic E-state index is -0.101. The zero-order chi connectivity index (χ0) is 20.6. The smallest absolute Gasteiger partial charge is 0.279 e. The molecule has 1 unspecified atom stereocenters. The van der Waals surface area contributed by atoms with Crippen LogP contribution in [0.5, 0.6) is 0 Å². The van der Waals surface area contributed by atoms with E-state index in [-0.39, 0.29) is 24.9 Å². The molecule has 2 amide bonds. The van der Waals surface area contributed by atoms with Gasteiger partial charge >= 0.3 is 0 Å². The maximum Gasteiger partial charge on any atom is 0.279 e. The molecule has 0 aliphatic rings. The number of anilines is 1. The van der Waals surface area contributed by atoms with E-state index in [1.54, 1.807) is 11.8 Å². The average Bonchev–Trinajstić information content (AvgIpc) is 3.11. The van der Waals surface area contributed by atoms with E-state index in [1.807, 2.05) is 62.0 Å². The summed E-state index contributed by atoms with van der Waals surface area (Å²) in [6.07, 6.45) is 4.73. The van der Waals surface area contributed by atoms with Gasteiger partial charge in [-0.3, -0.25) is 9.59 Å². The van der Waals surface area contributed by atoms with E-state index in [0.717, 1.165) is 27.4 Å². The number of rotatable bonds is 9. The number of carbonyl (C=O) groups is 2. The molecule has 0 radical (unpaired) electrons. The predicted octanol–water partition coefficient (Wildman–Crippen LogP) is 1.70. The molecule has 1 aromatic heterocycles. The Morgan fingerprint density at radius 2 is 1.76 bits per heavy atom. The van der Waals surface area contributed by atoms with E-state index in [0.29, 0.717) is 6.54 Å². The Balaban J connectivity index is 1.41. The molecule has 0 spiro atoms. The van der Waals surface area contributed by atoms with E-state index in [4.69, 9.17) is 0 Å². The number of H-pyrrole nitrogens is 1. The molecule has 2 aromatic carbocycles. The zero-order valence-electron chi connectivity index (χ0n) is 16.7. The van der Waals surface area contributed by atoms with Crippen molar-refractivity contribution in [1.82, 2.24) is 10.3 Å². The van der Waals surface area contributed by atoms with Crippen molar-refractivity contribution in [3.8, 4) is 0 Å². The van der Waals surface area contributed by atoms with Gasteiger partial charge in [-0.25, -0.2) is 0 Å². The van der Waals surface area contributed by atoms with Crippen molar-refractivity contribution in [2.24, 2.45) is 0 Å². The van der Waals surface area contributed by atoms with Crippen LogP contribution in [0.3, 0.4) is 0 Å². The molecule has 0 saturated heterocycles. The van der Waals surface area contributed by atoms with Crippen molar-refractivity contribution in [3.05, 3.63) is 60.3 Å². The summed E-state index contributed by atoms with van der Waals surface area (Å²) in [5, 5.41) is 7.06. The van der Waals surface area contributed by atoms with Gasteiger partial charge in [-0.05, 0) is 36.4 Å². The lowest BCUT2D eigenvalue weighted by Crippen LogP contribution is -3.11. The third-order valence-corrected chi connectivity index (χ3v) is 5.49. The maximum atomic E-state index is 12.3. The maximum absolute atomic E-state index is 12.3. The fourth-order valence-electron chi connectivity index (χ4n) is 3.29. The van der Waals surface area contributed by atoms with Gasteiger partial charge in [0.15, 0.2) is 13.1 Å². The van der Waals surface area contributed by atoms with Crippen LogP contribution in [-0.2, 0) is 16.0 Å². The Morgan fingerprint density at radius 1 is 1.03 bits per heavy atom. The molecule has 1 heterocycles. The lowest BCUT2D eigenvalue weighted by molar-refractivity contribution is -0.862. The quantitative estimate of drug-likeness (QED) is 0.405. The van der Waals surface area contributed by atoms with Crippen LogP contribution in [0.15, 0.2) is 59.6 Å². The highest BCUT2D eigenvalue weighted by Crippen LogP contribution is 2.24. The average molecular weight is 412 g/mol. The van der Waals surface area contributed by atoms with E-state index in [1.165, 1.54) is 10.9 Å². The third kappa shape index (κ3) is 5.85. The van der Waals surface area contributed by atoms with Gasteiger partial charge in [0.2, 0.25) is 0 Å². The van der Waals surface area contributed by atoms with Crippen LogP contribution in [-0.4, -0.2) is 49.7 Å². The molecule has 0 bridgehead atoms. The summed E-state index contributed by atoms with van der Waals surface area (Å²) in [6.45, 7) is 1.06. The lowest BCUT2D eigenvalue weighted by Gasteiger charge is -2.14. The Morgan fingerprint density at radius 3 is 2.59 bits per heavy atom. The zero-order valence-corrected chi connectivity index (χ0v) is 17.6. The minimum absolute atomic E-state index is 0.0559. The van der Waals surface area contributed by atoms with Crippen LogP contribution >= 0.6 is 11.8 Å². The first-order valence-corrected chi connectivity index (χ1v) is 10.8. The van der Waals surface area contributed by atoms with Crippen LogP contribution in [0.25, 0.3) is 10.9 Å². The van der Waals surface area contributed by atoms with E-state index >= 15 is 0 Å². The normalized spacial score (nSPS) is 11.9. The third-order valence-electron chi connectivity index (χ3n) is 4.70. The number of hydrogen-bond donors (Lipinski definition) is 4. The highest BCUT2D eigenvalue weighted by molar-refractivity contribution is 7.98. The summed E-state index contributed by atoms with van der Waals surface area (Å²) >= 11 is 1.59. The van der Waals surface area contributed by atoms with Crippen molar-refractivity contribution < 1.29 is 14.5 Å². The van der Waals surface area contributed by atoms with Gasteiger partial charge in [-0.1, -0.05) is 30.3 Å². The van der Waals surface area contributed by atoms with Crippen molar-refractivity contribution in [3.63, 3.8) is 0 Å². The van der Waals surface area contributed by atoms with Gasteiger partial charge in [-0.2, -0.15) is 0 Å². The summed E-state index contributed by atoms with van der Waals surface area (Å²) in [6, 6.07) is 15.8. The Hall–Kier alpha value is -2.77. The topological polar surface area (TPSA) is 78.4 Å². The number of amides is 2. The minimum Gasteiger partial charge on any atom is -0.361 e. The van der Waals surface area contributed by atoms with Crippen LogP contribution in [0.4, 0.5) is 5.69 Å². The van der Waals surface area contributed by atoms with Crippen molar-refractivity contribution in [2.45, 2.75) is 11.3 Å². The summed E-state index contributed by atoms with van der Waals surface area (Å²) in [7, 11) is 1.85. The Bertz CT molecular complexity index is 986. The number of aromatic amines is 1. The summed E-state index contributed by atoms with van der Waals surface area (Å²) in [5.41, 5.74) is 3.10. The van der Waals surface area contributed by atoms with Crippen LogP contribution in [0.2, 0.25) is 0 Å². The van der Waals surface area contributed by atoms with Gasteiger partial charge in [-0.15, -0.1) is 11.8 Å². The number of hydrogen-bond acceptors (Lipinski definition) is 3. The Labute approximate surface area is 175 Å². The molecule has 0 saturated carbocycles. The van der Waals surface area contributed by atoms with Crippen molar-refractivity contribution in [1.29, 1.82) is 0 Å². The van der Waals surface area contributed by atoms with Crippen LogP contribution in [0, 0.1) is 0 Å². The number of nitrogens with one attached hydrogen (secondary N) is 4. The van der Waals surface area contributed by atoms with Crippen LogP contribution < -0.4 is 15.5 Å². The molecule has 152 valence electrons. The molecular weight excluding hydrogens is 384 g/mol. The monoisotopic (exact) mass is 411 g/mol. The summed E-state index contributed by atoms with van der Waals surface area (Å²) in [5.74, 6) is -0.157. The molecular formula is C22H27N4O2S+. The molecule has 1 atom stereocenters. The molecule has 4 N–H and O–H groups in total. The van der Waals surface area contributed by atoms with E-state index < -0.39 is 0 Å². The number of benzene rings is 2. The standard InChI is InChI=1S/C22H26N4O2S/c1-26(15-22(28)25-19-9-5-6-10-20(19)29-2)14-21(27)23-12-11-16-13-24-18-8-4-3-7-17(16)18/h3-10,13,24H,11-12,14-15H2,1-2H3,(H,23,27)(H,25,28)/p+1. The fourth-order valence-corrected chi connectivity index (χ4v) is 3.84. The molecule has 29 heavy (non-hydrogen) atoms. The number of para-hydroxylation sites is 2. The van der Waals surface area contributed by atoms with Crippen LogP contribution in [0.1, 0.15) is 5.56 Å².